The van der Waals surface area contributed by atoms with Gasteiger partial charge in [0, 0.05) is 6.54 Å². The average Bonchev–Trinajstić information content (AvgIpc) is 2.45. The summed E-state index contributed by atoms with van der Waals surface area (Å²) in [6.07, 6.45) is -2.46. The Kier molecular flexibility index (Phi) is 4.36. The molecule has 1 aliphatic rings. The monoisotopic (exact) mass is 304 g/mol. The van der Waals surface area contributed by atoms with E-state index in [2.05, 4.69) is 0 Å². The second kappa shape index (κ2) is 5.88. The molecule has 0 spiro atoms. The number of H-pyrrole nitrogens is 1. The third-order valence-electron chi connectivity index (χ3n) is 3.54. The highest BCUT2D eigenvalue weighted by molar-refractivity contribution is 5.94. The summed E-state index contributed by atoms with van der Waals surface area (Å²) in [4.78, 5) is 27.0. The number of nitrogens with zero attached hydrogens (tertiary/aromatic N) is 1. The summed E-state index contributed by atoms with van der Waals surface area (Å²) in [5.41, 5.74) is -2.61. The molecule has 1 aromatic heterocycles. The number of aromatic amines is 1. The van der Waals surface area contributed by atoms with Gasteiger partial charge in [0.2, 0.25) is 0 Å². The van der Waals surface area contributed by atoms with Gasteiger partial charge in [0.25, 0.3) is 11.5 Å². The molecule has 21 heavy (non-hydrogen) atoms. The molecule has 0 aromatic carbocycles. The fourth-order valence-electron chi connectivity index (χ4n) is 2.42. The number of alkyl halides is 3. The molecule has 0 saturated carbocycles. The van der Waals surface area contributed by atoms with Crippen LogP contribution in [0.3, 0.4) is 0 Å². The lowest BCUT2D eigenvalue weighted by Gasteiger charge is -2.34. The Hall–Kier alpha value is -1.83. The van der Waals surface area contributed by atoms with Crippen molar-refractivity contribution in [2.24, 2.45) is 0 Å². The molecule has 1 fully saturated rings. The third kappa shape index (κ3) is 3.26. The van der Waals surface area contributed by atoms with Crippen LogP contribution in [0.15, 0.2) is 16.9 Å². The number of rotatable bonds is 2. The fraction of sp³-hybridized carbons (Fsp3) is 0.538. The molecular formula is C13H15F3N2O3. The molecule has 8 heteroatoms. The largest absolute Gasteiger partial charge is 0.431 e. The summed E-state index contributed by atoms with van der Waals surface area (Å²) in [6, 6.07) is 1.16. The summed E-state index contributed by atoms with van der Waals surface area (Å²) < 4.78 is 37.4. The van der Waals surface area contributed by atoms with Crippen molar-refractivity contribution in [2.75, 3.05) is 13.2 Å². The van der Waals surface area contributed by atoms with Gasteiger partial charge in [-0.2, -0.15) is 13.2 Å². The number of piperidine rings is 1. The minimum atomic E-state index is -4.67. The van der Waals surface area contributed by atoms with E-state index >= 15 is 0 Å². The highest BCUT2D eigenvalue weighted by Gasteiger charge is 2.33. The molecule has 5 nitrogen and oxygen atoms in total. The van der Waals surface area contributed by atoms with Gasteiger partial charge in [0.15, 0.2) is 0 Å². The predicted molar refractivity (Wildman–Crippen MR) is 67.8 cm³/mol. The number of likely N-dealkylation sites (tertiary alicyclic amines) is 1. The lowest BCUT2D eigenvalue weighted by molar-refractivity contribution is -0.141. The average molecular weight is 304 g/mol. The summed E-state index contributed by atoms with van der Waals surface area (Å²) in [7, 11) is 0. The van der Waals surface area contributed by atoms with Crippen LogP contribution in [0.2, 0.25) is 0 Å². The Bertz CT molecular complexity index is 583. The number of aliphatic hydroxyl groups is 1. The lowest BCUT2D eigenvalue weighted by Crippen LogP contribution is -2.47. The van der Waals surface area contributed by atoms with Crippen LogP contribution in [-0.2, 0) is 6.18 Å². The standard InChI is InChI=1S/C13H15F3N2O3/c14-13(15,16)10-5-4-9(11(20)17-10)12(21)18-6-2-1-3-8(18)7-19/h4-5,8,19H,1-3,6-7H2,(H,17,20). The predicted octanol–water partition coefficient (Wildman–Crippen LogP) is 1.38. The number of carbonyl (C=O) groups excluding carboxylic acids is 1. The number of aliphatic hydroxyl groups excluding tert-OH is 1. The number of hydrogen-bond donors (Lipinski definition) is 2. The summed E-state index contributed by atoms with van der Waals surface area (Å²) in [6.45, 7) is 0.148. The third-order valence-corrected chi connectivity index (χ3v) is 3.54. The molecule has 1 saturated heterocycles. The van der Waals surface area contributed by atoms with E-state index in [-0.39, 0.29) is 12.2 Å². The van der Waals surface area contributed by atoms with E-state index < -0.39 is 29.4 Å². The Morgan fingerprint density at radius 1 is 1.38 bits per heavy atom. The molecule has 2 N–H and O–H groups in total. The van der Waals surface area contributed by atoms with Crippen LogP contribution >= 0.6 is 0 Å². The summed E-state index contributed by atoms with van der Waals surface area (Å²) in [5, 5.41) is 9.25. The van der Waals surface area contributed by atoms with Gasteiger partial charge in [-0.1, -0.05) is 0 Å². The first-order valence-corrected chi connectivity index (χ1v) is 6.57. The van der Waals surface area contributed by atoms with Gasteiger partial charge in [-0.15, -0.1) is 0 Å². The minimum absolute atomic E-state index is 0.232. The van der Waals surface area contributed by atoms with Gasteiger partial charge in [-0.05, 0) is 31.4 Å². The Morgan fingerprint density at radius 3 is 2.67 bits per heavy atom. The zero-order chi connectivity index (χ0) is 15.6. The van der Waals surface area contributed by atoms with Gasteiger partial charge in [0.1, 0.15) is 11.3 Å². The molecule has 1 atom stereocenters. The molecule has 2 heterocycles. The number of pyridine rings is 1. The van der Waals surface area contributed by atoms with E-state index in [1.165, 1.54) is 4.90 Å². The normalized spacial score (nSPS) is 19.6. The molecule has 1 aromatic rings. The van der Waals surface area contributed by atoms with Gasteiger partial charge < -0.3 is 15.0 Å². The van der Waals surface area contributed by atoms with Crippen LogP contribution in [-0.4, -0.2) is 40.1 Å². The summed E-state index contributed by atoms with van der Waals surface area (Å²) in [5.74, 6) is -0.649. The van der Waals surface area contributed by atoms with Gasteiger partial charge >= 0.3 is 6.18 Å². The van der Waals surface area contributed by atoms with E-state index in [9.17, 15) is 27.9 Å². The molecule has 0 radical (unpaired) electrons. The molecule has 2 rings (SSSR count). The zero-order valence-electron chi connectivity index (χ0n) is 11.1. The number of nitrogens with one attached hydrogen (secondary N) is 1. The Labute approximate surface area is 118 Å². The van der Waals surface area contributed by atoms with Crippen molar-refractivity contribution < 1.29 is 23.1 Å². The number of hydrogen-bond acceptors (Lipinski definition) is 3. The number of carbonyl (C=O) groups is 1. The van der Waals surface area contributed by atoms with Crippen molar-refractivity contribution >= 4 is 5.91 Å². The fourth-order valence-corrected chi connectivity index (χ4v) is 2.42. The molecule has 1 amide bonds. The van der Waals surface area contributed by atoms with Crippen molar-refractivity contribution in [3.63, 3.8) is 0 Å². The van der Waals surface area contributed by atoms with E-state index in [4.69, 9.17) is 0 Å². The van der Waals surface area contributed by atoms with Crippen molar-refractivity contribution in [3.8, 4) is 0 Å². The van der Waals surface area contributed by atoms with Crippen LogP contribution in [0, 0.1) is 0 Å². The molecule has 1 aliphatic heterocycles. The molecule has 0 bridgehead atoms. The van der Waals surface area contributed by atoms with Crippen molar-refractivity contribution in [1.29, 1.82) is 0 Å². The second-order valence-corrected chi connectivity index (χ2v) is 4.94. The second-order valence-electron chi connectivity index (χ2n) is 4.94. The van der Waals surface area contributed by atoms with Crippen molar-refractivity contribution in [2.45, 2.75) is 31.5 Å². The summed E-state index contributed by atoms with van der Waals surface area (Å²) >= 11 is 0. The van der Waals surface area contributed by atoms with Crippen LogP contribution in [0.4, 0.5) is 13.2 Å². The Balaban J connectivity index is 2.29. The highest BCUT2D eigenvalue weighted by atomic mass is 19.4. The number of halogens is 3. The Morgan fingerprint density at radius 2 is 2.10 bits per heavy atom. The molecule has 0 aliphatic carbocycles. The molecular weight excluding hydrogens is 289 g/mol. The lowest BCUT2D eigenvalue weighted by atomic mass is 10.0. The first kappa shape index (κ1) is 15.6. The smallest absolute Gasteiger partial charge is 0.394 e. The quantitative estimate of drug-likeness (QED) is 0.867. The minimum Gasteiger partial charge on any atom is -0.394 e. The maximum absolute atomic E-state index is 12.5. The van der Waals surface area contributed by atoms with Crippen LogP contribution in [0.1, 0.15) is 35.3 Å². The van der Waals surface area contributed by atoms with Crippen molar-refractivity contribution in [1.82, 2.24) is 9.88 Å². The first-order chi connectivity index (χ1) is 9.84. The highest BCUT2D eigenvalue weighted by Crippen LogP contribution is 2.26. The van der Waals surface area contributed by atoms with Crippen molar-refractivity contribution in [3.05, 3.63) is 33.7 Å². The maximum atomic E-state index is 12.5. The van der Waals surface area contributed by atoms with E-state index in [1.807, 2.05) is 0 Å². The topological polar surface area (TPSA) is 73.4 Å². The van der Waals surface area contributed by atoms with E-state index in [1.54, 1.807) is 4.98 Å². The van der Waals surface area contributed by atoms with Crippen LogP contribution < -0.4 is 5.56 Å². The number of amides is 1. The van der Waals surface area contributed by atoms with E-state index in [0.717, 1.165) is 18.9 Å². The zero-order valence-corrected chi connectivity index (χ0v) is 11.1. The SMILES string of the molecule is O=C(c1ccc(C(F)(F)F)[nH]c1=O)N1CCCCC1CO. The van der Waals surface area contributed by atoms with Crippen LogP contribution in [0.5, 0.6) is 0 Å². The maximum Gasteiger partial charge on any atom is 0.431 e. The van der Waals surface area contributed by atoms with Gasteiger partial charge in [-0.3, -0.25) is 9.59 Å². The molecule has 116 valence electrons. The van der Waals surface area contributed by atoms with Gasteiger partial charge in [-0.25, -0.2) is 0 Å². The van der Waals surface area contributed by atoms with Crippen LogP contribution in [0.25, 0.3) is 0 Å². The van der Waals surface area contributed by atoms with Gasteiger partial charge in [0.05, 0.1) is 12.6 Å². The number of aromatic nitrogens is 1. The molecule has 1 unspecified atom stereocenters. The first-order valence-electron chi connectivity index (χ1n) is 6.57. The van der Waals surface area contributed by atoms with E-state index in [0.29, 0.717) is 19.0 Å².